The van der Waals surface area contributed by atoms with E-state index >= 15 is 0 Å². The quantitative estimate of drug-likeness (QED) is 0.376. The third-order valence-electron chi connectivity index (χ3n) is 5.30. The normalized spacial score (nSPS) is 21.0. The summed E-state index contributed by atoms with van der Waals surface area (Å²) in [6, 6.07) is 11.6. The summed E-state index contributed by atoms with van der Waals surface area (Å²) >= 11 is 0. The molecule has 0 aliphatic carbocycles. The van der Waals surface area contributed by atoms with Gasteiger partial charge in [0.15, 0.2) is 5.96 Å². The molecule has 1 aromatic rings. The molecule has 0 amide bonds. The standard InChI is InChI=1S/C22H38N4O/c1-18(2)26-16-19(3)21(17-26)25-22(23-4)24-13-8-9-14-27-15-12-20-10-6-5-7-11-20/h5-7,10-11,18-19,21H,8-9,12-17H2,1-4H3,(H2,23,24,25). The molecule has 2 unspecified atom stereocenters. The third-order valence-corrected chi connectivity index (χ3v) is 5.30. The van der Waals surface area contributed by atoms with Crippen molar-refractivity contribution in [3.05, 3.63) is 35.9 Å². The lowest BCUT2D eigenvalue weighted by atomic mass is 10.1. The van der Waals surface area contributed by atoms with E-state index in [1.54, 1.807) is 0 Å². The number of rotatable bonds is 10. The molecule has 1 aromatic carbocycles. The molecule has 27 heavy (non-hydrogen) atoms. The SMILES string of the molecule is CN=C(NCCCCOCCc1ccccc1)NC1CN(C(C)C)CC1C. The van der Waals surface area contributed by atoms with Crippen molar-refractivity contribution >= 4 is 5.96 Å². The highest BCUT2D eigenvalue weighted by Gasteiger charge is 2.31. The van der Waals surface area contributed by atoms with Crippen LogP contribution in [0, 0.1) is 5.92 Å². The van der Waals surface area contributed by atoms with Gasteiger partial charge in [-0.3, -0.25) is 9.89 Å². The molecule has 0 saturated carbocycles. The summed E-state index contributed by atoms with van der Waals surface area (Å²) in [6.07, 6.45) is 3.15. The fourth-order valence-corrected chi connectivity index (χ4v) is 3.46. The first-order valence-corrected chi connectivity index (χ1v) is 10.4. The fraction of sp³-hybridized carbons (Fsp3) is 0.682. The van der Waals surface area contributed by atoms with Gasteiger partial charge in [-0.1, -0.05) is 37.3 Å². The Morgan fingerprint density at radius 2 is 1.96 bits per heavy atom. The third kappa shape index (κ3) is 7.89. The smallest absolute Gasteiger partial charge is 0.191 e. The first kappa shape index (κ1) is 21.7. The zero-order chi connectivity index (χ0) is 19.5. The van der Waals surface area contributed by atoms with Crippen molar-refractivity contribution < 1.29 is 4.74 Å². The van der Waals surface area contributed by atoms with E-state index in [4.69, 9.17) is 4.74 Å². The maximum absolute atomic E-state index is 5.75. The van der Waals surface area contributed by atoms with E-state index in [0.29, 0.717) is 18.0 Å². The minimum Gasteiger partial charge on any atom is -0.381 e. The first-order chi connectivity index (χ1) is 13.1. The second-order valence-electron chi connectivity index (χ2n) is 7.83. The molecule has 2 N–H and O–H groups in total. The van der Waals surface area contributed by atoms with Gasteiger partial charge in [-0.05, 0) is 44.6 Å². The van der Waals surface area contributed by atoms with Crippen LogP contribution in [-0.4, -0.2) is 62.8 Å². The second-order valence-corrected chi connectivity index (χ2v) is 7.83. The Kier molecular flexibility index (Phi) is 9.64. The highest BCUT2D eigenvalue weighted by molar-refractivity contribution is 5.80. The molecule has 5 nitrogen and oxygen atoms in total. The molecule has 0 spiro atoms. The molecule has 1 aliphatic rings. The Morgan fingerprint density at radius 1 is 1.19 bits per heavy atom. The van der Waals surface area contributed by atoms with Gasteiger partial charge in [0, 0.05) is 45.4 Å². The van der Waals surface area contributed by atoms with Crippen molar-refractivity contribution in [3.8, 4) is 0 Å². The van der Waals surface area contributed by atoms with Gasteiger partial charge in [0.05, 0.1) is 6.61 Å². The van der Waals surface area contributed by atoms with Gasteiger partial charge >= 0.3 is 0 Å². The Balaban J connectivity index is 1.52. The number of nitrogens with one attached hydrogen (secondary N) is 2. The number of guanidine groups is 1. The van der Waals surface area contributed by atoms with Crippen molar-refractivity contribution in [3.63, 3.8) is 0 Å². The van der Waals surface area contributed by atoms with Gasteiger partial charge in [0.2, 0.25) is 0 Å². The summed E-state index contributed by atoms with van der Waals surface area (Å²) in [4.78, 5) is 6.91. The highest BCUT2D eigenvalue weighted by atomic mass is 16.5. The molecule has 0 bridgehead atoms. The highest BCUT2D eigenvalue weighted by Crippen LogP contribution is 2.18. The van der Waals surface area contributed by atoms with Crippen molar-refractivity contribution in [2.75, 3.05) is 39.9 Å². The molecule has 0 radical (unpaired) electrons. The second kappa shape index (κ2) is 12.0. The fourth-order valence-electron chi connectivity index (χ4n) is 3.46. The summed E-state index contributed by atoms with van der Waals surface area (Å²) < 4.78 is 5.75. The van der Waals surface area contributed by atoms with Gasteiger partial charge in [-0.25, -0.2) is 0 Å². The average Bonchev–Trinajstić information content (AvgIpc) is 3.04. The van der Waals surface area contributed by atoms with Gasteiger partial charge in [-0.15, -0.1) is 0 Å². The van der Waals surface area contributed by atoms with Crippen LogP contribution in [0.3, 0.4) is 0 Å². The minimum atomic E-state index is 0.472. The van der Waals surface area contributed by atoms with E-state index in [-0.39, 0.29) is 0 Å². The van der Waals surface area contributed by atoms with Crippen LogP contribution in [0.25, 0.3) is 0 Å². The summed E-state index contributed by atoms with van der Waals surface area (Å²) in [5.74, 6) is 1.56. The molecule has 1 saturated heterocycles. The van der Waals surface area contributed by atoms with E-state index in [1.165, 1.54) is 5.56 Å². The average molecular weight is 375 g/mol. The van der Waals surface area contributed by atoms with Crippen molar-refractivity contribution in [1.82, 2.24) is 15.5 Å². The first-order valence-electron chi connectivity index (χ1n) is 10.4. The van der Waals surface area contributed by atoms with Gasteiger partial charge in [0.1, 0.15) is 0 Å². The molecule has 152 valence electrons. The predicted molar refractivity (Wildman–Crippen MR) is 114 cm³/mol. The van der Waals surface area contributed by atoms with Crippen LogP contribution in [0.4, 0.5) is 0 Å². The summed E-state index contributed by atoms with van der Waals surface area (Å²) in [6.45, 7) is 11.7. The Labute approximate surface area is 165 Å². The van der Waals surface area contributed by atoms with Crippen LogP contribution in [-0.2, 0) is 11.2 Å². The van der Waals surface area contributed by atoms with E-state index in [9.17, 15) is 0 Å². The number of aliphatic imine (C=N–C) groups is 1. The number of likely N-dealkylation sites (tertiary alicyclic amines) is 1. The zero-order valence-corrected chi connectivity index (χ0v) is 17.6. The molecule has 1 aliphatic heterocycles. The van der Waals surface area contributed by atoms with Crippen LogP contribution in [0.2, 0.25) is 0 Å². The Morgan fingerprint density at radius 3 is 2.63 bits per heavy atom. The number of hydrogen-bond donors (Lipinski definition) is 2. The van der Waals surface area contributed by atoms with Crippen LogP contribution in [0.5, 0.6) is 0 Å². The molecule has 0 aromatic heterocycles. The summed E-state index contributed by atoms with van der Waals surface area (Å²) in [5, 5.41) is 7.04. The minimum absolute atomic E-state index is 0.472. The van der Waals surface area contributed by atoms with E-state index in [2.05, 4.69) is 65.6 Å². The number of ether oxygens (including phenoxy) is 1. The summed E-state index contributed by atoms with van der Waals surface area (Å²) in [5.41, 5.74) is 1.34. The monoisotopic (exact) mass is 374 g/mol. The number of benzene rings is 1. The molecular formula is C22H38N4O. The molecular weight excluding hydrogens is 336 g/mol. The predicted octanol–water partition coefficient (Wildman–Crippen LogP) is 2.92. The van der Waals surface area contributed by atoms with Crippen LogP contribution >= 0.6 is 0 Å². The maximum Gasteiger partial charge on any atom is 0.191 e. The van der Waals surface area contributed by atoms with E-state index < -0.39 is 0 Å². The van der Waals surface area contributed by atoms with Gasteiger partial charge in [0.25, 0.3) is 0 Å². The lowest BCUT2D eigenvalue weighted by molar-refractivity contribution is 0.133. The van der Waals surface area contributed by atoms with Gasteiger partial charge in [-0.2, -0.15) is 0 Å². The Bertz CT molecular complexity index is 547. The molecule has 1 heterocycles. The molecule has 2 rings (SSSR count). The van der Waals surface area contributed by atoms with Crippen LogP contribution in [0.15, 0.2) is 35.3 Å². The zero-order valence-electron chi connectivity index (χ0n) is 17.6. The van der Waals surface area contributed by atoms with Gasteiger partial charge < -0.3 is 15.4 Å². The van der Waals surface area contributed by atoms with E-state index in [1.807, 2.05) is 13.1 Å². The molecule has 2 atom stereocenters. The van der Waals surface area contributed by atoms with Crippen LogP contribution < -0.4 is 10.6 Å². The molecule has 1 fully saturated rings. The largest absolute Gasteiger partial charge is 0.381 e. The molecule has 5 heteroatoms. The lowest BCUT2D eigenvalue weighted by Gasteiger charge is -2.22. The van der Waals surface area contributed by atoms with E-state index in [0.717, 1.165) is 58.1 Å². The number of nitrogens with zero attached hydrogens (tertiary/aromatic N) is 2. The topological polar surface area (TPSA) is 48.9 Å². The van der Waals surface area contributed by atoms with Crippen molar-refractivity contribution in [2.24, 2.45) is 10.9 Å². The number of unbranched alkanes of at least 4 members (excludes halogenated alkanes) is 1. The Hall–Kier alpha value is -1.59. The number of hydrogen-bond acceptors (Lipinski definition) is 3. The van der Waals surface area contributed by atoms with Crippen molar-refractivity contribution in [1.29, 1.82) is 0 Å². The van der Waals surface area contributed by atoms with Crippen LogP contribution in [0.1, 0.15) is 39.2 Å². The summed E-state index contributed by atoms with van der Waals surface area (Å²) in [7, 11) is 1.85. The maximum atomic E-state index is 5.75. The van der Waals surface area contributed by atoms with Crippen molar-refractivity contribution in [2.45, 2.75) is 52.1 Å². The lowest BCUT2D eigenvalue weighted by Crippen LogP contribution is -2.47.